The number of methoxy groups -OCH3 is 1. The molecular weight excluding hydrogens is 448 g/mol. The van der Waals surface area contributed by atoms with Crippen LogP contribution >= 0.6 is 0 Å². The van der Waals surface area contributed by atoms with Crippen molar-refractivity contribution < 1.29 is 14.9 Å². The minimum absolute atomic E-state index is 0.385. The lowest BCUT2D eigenvalue weighted by Crippen LogP contribution is -2.63. The molecule has 188 valence electrons. The van der Waals surface area contributed by atoms with Gasteiger partial charge in [0.1, 0.15) is 17.0 Å². The number of ether oxygens (including phenoxy) is 1. The van der Waals surface area contributed by atoms with Gasteiger partial charge in [0, 0.05) is 42.0 Å². The Hall–Kier alpha value is -3.17. The Bertz CT molecular complexity index is 1260. The zero-order chi connectivity index (χ0) is 26.1. The number of hydrogen-bond donors (Lipinski definition) is 2. The molecule has 0 amide bonds. The summed E-state index contributed by atoms with van der Waals surface area (Å²) in [5, 5.41) is 23.4. The van der Waals surface area contributed by atoms with Crippen LogP contribution in [0.4, 0.5) is 0 Å². The summed E-state index contributed by atoms with van der Waals surface area (Å²) in [5.74, 6) is 7.19. The third-order valence-electron chi connectivity index (χ3n) is 7.36. The van der Waals surface area contributed by atoms with E-state index < -0.39 is 11.2 Å². The van der Waals surface area contributed by atoms with Gasteiger partial charge in [-0.25, -0.2) is 0 Å². The molecule has 0 saturated carbocycles. The highest BCUT2D eigenvalue weighted by Crippen LogP contribution is 2.50. The molecule has 2 atom stereocenters. The molecule has 3 aromatic rings. The van der Waals surface area contributed by atoms with Crippen LogP contribution in [0.5, 0.6) is 5.75 Å². The molecule has 0 aliphatic carbocycles. The van der Waals surface area contributed by atoms with Crippen molar-refractivity contribution in [2.75, 3.05) is 27.2 Å². The van der Waals surface area contributed by atoms with Gasteiger partial charge in [-0.2, -0.15) is 0 Å². The molecule has 1 fully saturated rings. The fourth-order valence-corrected chi connectivity index (χ4v) is 5.23. The molecule has 36 heavy (non-hydrogen) atoms. The second-order valence-electron chi connectivity index (χ2n) is 10.7. The first kappa shape index (κ1) is 25.9. The number of aromatic nitrogens is 1. The standard InChI is InChI=1S/C31H36N2O3/c1-22(2)24-7-9-26(10-8-24)31(35,29(3)20-33(5)21-29)27-17-23(18-32-19-27)15-16-30(4,34)25-11-13-28(36-6)14-12-25/h7-14,17-19,22,34-35H,20-21H2,1-6H3. The van der Waals surface area contributed by atoms with Crippen LogP contribution in [0.25, 0.3) is 0 Å². The van der Waals surface area contributed by atoms with Gasteiger partial charge in [0.2, 0.25) is 0 Å². The smallest absolute Gasteiger partial charge is 0.148 e. The molecule has 2 heterocycles. The van der Waals surface area contributed by atoms with Gasteiger partial charge in [0.25, 0.3) is 0 Å². The van der Waals surface area contributed by atoms with E-state index in [1.54, 1.807) is 50.7 Å². The van der Waals surface area contributed by atoms with Gasteiger partial charge in [-0.1, -0.05) is 69.0 Å². The van der Waals surface area contributed by atoms with Gasteiger partial charge < -0.3 is 19.8 Å². The number of benzene rings is 2. The summed E-state index contributed by atoms with van der Waals surface area (Å²) in [6.07, 6.45) is 3.39. The van der Waals surface area contributed by atoms with Crippen molar-refractivity contribution in [3.8, 4) is 17.6 Å². The number of hydrogen-bond acceptors (Lipinski definition) is 5. The van der Waals surface area contributed by atoms with Crippen LogP contribution in [0.3, 0.4) is 0 Å². The molecule has 2 N–H and O–H groups in total. The molecule has 2 unspecified atom stereocenters. The van der Waals surface area contributed by atoms with Crippen LogP contribution in [0.15, 0.2) is 67.0 Å². The van der Waals surface area contributed by atoms with E-state index in [4.69, 9.17) is 4.74 Å². The van der Waals surface area contributed by atoms with E-state index in [0.29, 0.717) is 22.6 Å². The lowest BCUT2D eigenvalue weighted by atomic mass is 9.62. The van der Waals surface area contributed by atoms with Crippen molar-refractivity contribution in [3.05, 3.63) is 94.8 Å². The average Bonchev–Trinajstić information content (AvgIpc) is 2.86. The molecule has 5 heteroatoms. The largest absolute Gasteiger partial charge is 0.497 e. The molecule has 0 radical (unpaired) electrons. The number of aliphatic hydroxyl groups is 2. The molecule has 0 spiro atoms. The first-order chi connectivity index (χ1) is 17.0. The van der Waals surface area contributed by atoms with Crippen LogP contribution < -0.4 is 4.74 Å². The second-order valence-corrected chi connectivity index (χ2v) is 10.7. The molecule has 4 rings (SSSR count). The summed E-state index contributed by atoms with van der Waals surface area (Å²) in [6.45, 7) is 9.63. The van der Waals surface area contributed by atoms with Crippen molar-refractivity contribution >= 4 is 0 Å². The molecule has 1 saturated heterocycles. The topological polar surface area (TPSA) is 65.8 Å². The van der Waals surface area contributed by atoms with E-state index >= 15 is 0 Å². The van der Waals surface area contributed by atoms with Crippen LogP contribution in [-0.4, -0.2) is 47.3 Å². The molecule has 1 aliphatic heterocycles. The summed E-state index contributed by atoms with van der Waals surface area (Å²) in [6, 6.07) is 17.4. The number of rotatable bonds is 6. The van der Waals surface area contributed by atoms with E-state index in [1.165, 1.54) is 5.56 Å². The average molecular weight is 485 g/mol. The quantitative estimate of drug-likeness (QED) is 0.498. The van der Waals surface area contributed by atoms with Gasteiger partial charge in [0.15, 0.2) is 0 Å². The van der Waals surface area contributed by atoms with Crippen molar-refractivity contribution in [1.82, 2.24) is 9.88 Å². The second kappa shape index (κ2) is 9.71. The number of likely N-dealkylation sites (tertiary alicyclic amines) is 1. The Labute approximate surface area is 214 Å². The summed E-state index contributed by atoms with van der Waals surface area (Å²) in [7, 11) is 3.67. The highest BCUT2D eigenvalue weighted by atomic mass is 16.5. The number of nitrogens with zero attached hydrogens (tertiary/aromatic N) is 2. The summed E-state index contributed by atoms with van der Waals surface area (Å²) < 4.78 is 5.21. The van der Waals surface area contributed by atoms with Gasteiger partial charge >= 0.3 is 0 Å². The Balaban J connectivity index is 1.72. The monoisotopic (exact) mass is 484 g/mol. The predicted octanol–water partition coefficient (Wildman–Crippen LogP) is 4.66. The van der Waals surface area contributed by atoms with E-state index in [2.05, 4.69) is 61.7 Å². The van der Waals surface area contributed by atoms with Gasteiger partial charge in [-0.15, -0.1) is 0 Å². The van der Waals surface area contributed by atoms with Crippen molar-refractivity contribution in [3.63, 3.8) is 0 Å². The van der Waals surface area contributed by atoms with Crippen molar-refractivity contribution in [1.29, 1.82) is 0 Å². The predicted molar refractivity (Wildman–Crippen MR) is 143 cm³/mol. The minimum Gasteiger partial charge on any atom is -0.497 e. The van der Waals surface area contributed by atoms with Crippen molar-refractivity contribution in [2.45, 2.75) is 44.8 Å². The highest BCUT2D eigenvalue weighted by molar-refractivity contribution is 5.46. The zero-order valence-corrected chi connectivity index (χ0v) is 22.0. The molecule has 2 aromatic carbocycles. The van der Waals surface area contributed by atoms with Gasteiger partial charge in [-0.3, -0.25) is 4.98 Å². The molecule has 5 nitrogen and oxygen atoms in total. The Morgan fingerprint density at radius 2 is 1.58 bits per heavy atom. The maximum atomic E-state index is 12.4. The lowest BCUT2D eigenvalue weighted by Gasteiger charge is -2.55. The van der Waals surface area contributed by atoms with Gasteiger partial charge in [0.05, 0.1) is 7.11 Å². The fraction of sp³-hybridized carbons (Fsp3) is 0.387. The third kappa shape index (κ3) is 4.77. The summed E-state index contributed by atoms with van der Waals surface area (Å²) in [4.78, 5) is 6.64. The van der Waals surface area contributed by atoms with E-state index in [1.807, 2.05) is 18.2 Å². The molecule has 1 aromatic heterocycles. The van der Waals surface area contributed by atoms with Crippen LogP contribution in [-0.2, 0) is 11.2 Å². The van der Waals surface area contributed by atoms with Crippen LogP contribution in [0.1, 0.15) is 61.4 Å². The third-order valence-corrected chi connectivity index (χ3v) is 7.36. The maximum absolute atomic E-state index is 12.4. The van der Waals surface area contributed by atoms with Crippen LogP contribution in [0.2, 0.25) is 0 Å². The lowest BCUT2D eigenvalue weighted by molar-refractivity contribution is -0.127. The van der Waals surface area contributed by atoms with Gasteiger partial charge in [-0.05, 0) is 54.8 Å². The molecule has 1 aliphatic rings. The van der Waals surface area contributed by atoms with E-state index in [-0.39, 0.29) is 5.41 Å². The van der Waals surface area contributed by atoms with Crippen molar-refractivity contribution in [2.24, 2.45) is 5.41 Å². The molecular formula is C31H36N2O3. The fourth-order valence-electron chi connectivity index (χ4n) is 5.23. The summed E-state index contributed by atoms with van der Waals surface area (Å²) >= 11 is 0. The molecule has 0 bridgehead atoms. The Morgan fingerprint density at radius 1 is 0.972 bits per heavy atom. The van der Waals surface area contributed by atoms with E-state index in [9.17, 15) is 10.2 Å². The zero-order valence-electron chi connectivity index (χ0n) is 22.0. The van der Waals surface area contributed by atoms with Crippen LogP contribution in [0, 0.1) is 17.3 Å². The Kier molecular flexibility index (Phi) is 6.99. The normalized spacial score (nSPS) is 18.4. The van der Waals surface area contributed by atoms with E-state index in [0.717, 1.165) is 24.4 Å². The Morgan fingerprint density at radius 3 is 2.14 bits per heavy atom. The first-order valence-electron chi connectivity index (χ1n) is 12.4. The maximum Gasteiger partial charge on any atom is 0.148 e. The SMILES string of the molecule is COc1ccc(C(C)(O)C#Cc2cncc(C(O)(c3ccc(C(C)C)cc3)C3(C)CN(C)C3)c2)cc1. The summed E-state index contributed by atoms with van der Waals surface area (Å²) in [5.41, 5.74) is 1.11. The minimum atomic E-state index is -1.35. The highest BCUT2D eigenvalue weighted by Gasteiger charge is 2.55. The number of pyridine rings is 1. The first-order valence-corrected chi connectivity index (χ1v) is 12.4.